The van der Waals surface area contributed by atoms with Crippen molar-refractivity contribution in [1.82, 2.24) is 4.90 Å². The number of benzene rings is 2. The number of unbranched alkanes of at least 4 members (excludes halogenated alkanes) is 2. The molecule has 0 saturated carbocycles. The number of hydrogen-bond acceptors (Lipinski definition) is 4. The number of nitrogens with zero attached hydrogens (tertiary/aromatic N) is 1. The maximum Gasteiger partial charge on any atom is 0.295 e. The van der Waals surface area contributed by atoms with Crippen LogP contribution in [0.1, 0.15) is 57.2 Å². The second kappa shape index (κ2) is 9.61. The van der Waals surface area contributed by atoms with E-state index < -0.39 is 17.7 Å². The summed E-state index contributed by atoms with van der Waals surface area (Å²) in [6, 6.07) is 15.8. The molecule has 1 N–H and O–H groups in total. The molecule has 1 heterocycles. The number of rotatable bonds is 8. The molecule has 0 aromatic heterocycles. The van der Waals surface area contributed by atoms with Crippen LogP contribution in [-0.2, 0) is 9.59 Å². The van der Waals surface area contributed by atoms with Crippen LogP contribution in [0.3, 0.4) is 0 Å². The highest BCUT2D eigenvalue weighted by molar-refractivity contribution is 6.46. The molecule has 0 spiro atoms. The summed E-state index contributed by atoms with van der Waals surface area (Å²) in [6.07, 6.45) is 2.78. The topological polar surface area (TPSA) is 66.8 Å². The van der Waals surface area contributed by atoms with Gasteiger partial charge in [-0.3, -0.25) is 9.59 Å². The molecule has 0 aliphatic carbocycles. The summed E-state index contributed by atoms with van der Waals surface area (Å²) in [6.45, 7) is 6.41. The Labute approximate surface area is 178 Å². The molecule has 1 unspecified atom stereocenters. The number of aliphatic hydroxyl groups excluding tert-OH is 1. The van der Waals surface area contributed by atoms with E-state index in [1.807, 2.05) is 44.2 Å². The third-order valence-corrected chi connectivity index (χ3v) is 5.14. The Balaban J connectivity index is 2.07. The Morgan fingerprint density at radius 3 is 2.47 bits per heavy atom. The normalized spacial score (nSPS) is 18.3. The Kier molecular flexibility index (Phi) is 6.93. The number of aliphatic hydroxyl groups is 1. The van der Waals surface area contributed by atoms with Crippen molar-refractivity contribution in [2.45, 2.75) is 52.2 Å². The van der Waals surface area contributed by atoms with Gasteiger partial charge in [-0.1, -0.05) is 62.2 Å². The number of likely N-dealkylation sites (tertiary alicyclic amines) is 1. The Morgan fingerprint density at radius 1 is 1.07 bits per heavy atom. The number of carbonyl (C=O) groups is 2. The summed E-state index contributed by atoms with van der Waals surface area (Å²) < 4.78 is 5.72. The summed E-state index contributed by atoms with van der Waals surface area (Å²) in [5.41, 5.74) is 1.40. The minimum absolute atomic E-state index is 0.0177. The lowest BCUT2D eigenvalue weighted by Gasteiger charge is -2.25. The average Bonchev–Trinajstić information content (AvgIpc) is 2.99. The van der Waals surface area contributed by atoms with Gasteiger partial charge in [0, 0.05) is 12.1 Å². The molecule has 2 aromatic rings. The summed E-state index contributed by atoms with van der Waals surface area (Å²) in [5.74, 6) is -0.777. The molecule has 3 rings (SSSR count). The Morgan fingerprint density at radius 2 is 1.80 bits per heavy atom. The standard InChI is InChI=1S/C25H29NO4/c1-4-5-9-15-26-22(18-11-7-6-8-12-18)21(24(28)25(26)29)23(27)19-13-10-14-20(16-19)30-17(2)3/h6-8,10-14,16-17,22,27H,4-5,9,15H2,1-3H3/b23-21-. The smallest absolute Gasteiger partial charge is 0.295 e. The average molecular weight is 408 g/mol. The third-order valence-electron chi connectivity index (χ3n) is 5.14. The maximum atomic E-state index is 13.0. The molecule has 5 nitrogen and oxygen atoms in total. The molecule has 2 aromatic carbocycles. The highest BCUT2D eigenvalue weighted by atomic mass is 16.5. The highest BCUT2D eigenvalue weighted by Crippen LogP contribution is 2.39. The van der Waals surface area contributed by atoms with Crippen molar-refractivity contribution in [3.05, 3.63) is 71.3 Å². The molecule has 1 amide bonds. The summed E-state index contributed by atoms with van der Waals surface area (Å²) in [4.78, 5) is 27.4. The molecule has 0 radical (unpaired) electrons. The van der Waals surface area contributed by atoms with E-state index in [1.54, 1.807) is 29.2 Å². The molecule has 1 saturated heterocycles. The maximum absolute atomic E-state index is 13.0. The SMILES string of the molecule is CCCCCN1C(=O)C(=O)/C(=C(\O)c2cccc(OC(C)C)c2)C1c1ccccc1. The number of ketones is 1. The van der Waals surface area contributed by atoms with Crippen LogP contribution in [0.5, 0.6) is 5.75 Å². The van der Waals surface area contributed by atoms with Crippen molar-refractivity contribution in [2.75, 3.05) is 6.54 Å². The van der Waals surface area contributed by atoms with Gasteiger partial charge in [0.15, 0.2) is 0 Å². The predicted octanol–water partition coefficient (Wildman–Crippen LogP) is 5.09. The molecular weight excluding hydrogens is 378 g/mol. The van der Waals surface area contributed by atoms with Crippen molar-refractivity contribution < 1.29 is 19.4 Å². The number of amides is 1. The van der Waals surface area contributed by atoms with E-state index in [-0.39, 0.29) is 17.4 Å². The van der Waals surface area contributed by atoms with Crippen LogP contribution >= 0.6 is 0 Å². The van der Waals surface area contributed by atoms with E-state index in [9.17, 15) is 14.7 Å². The van der Waals surface area contributed by atoms with Crippen LogP contribution in [-0.4, -0.2) is 34.3 Å². The largest absolute Gasteiger partial charge is 0.507 e. The van der Waals surface area contributed by atoms with Gasteiger partial charge in [-0.2, -0.15) is 0 Å². The predicted molar refractivity (Wildman–Crippen MR) is 117 cm³/mol. The van der Waals surface area contributed by atoms with Crippen molar-refractivity contribution in [3.63, 3.8) is 0 Å². The summed E-state index contributed by atoms with van der Waals surface area (Å²) in [7, 11) is 0. The van der Waals surface area contributed by atoms with E-state index in [0.717, 1.165) is 24.8 Å². The van der Waals surface area contributed by atoms with Crippen LogP contribution in [0, 0.1) is 0 Å². The van der Waals surface area contributed by atoms with E-state index >= 15 is 0 Å². The van der Waals surface area contributed by atoms with Gasteiger partial charge in [0.05, 0.1) is 17.7 Å². The number of carbonyl (C=O) groups excluding carboxylic acids is 2. The number of ether oxygens (including phenoxy) is 1. The quantitative estimate of drug-likeness (QED) is 0.287. The first-order chi connectivity index (χ1) is 14.4. The summed E-state index contributed by atoms with van der Waals surface area (Å²) in [5, 5.41) is 11.1. The lowest BCUT2D eigenvalue weighted by atomic mass is 9.95. The van der Waals surface area contributed by atoms with Crippen molar-refractivity contribution in [2.24, 2.45) is 0 Å². The van der Waals surface area contributed by atoms with Crippen LogP contribution in [0.4, 0.5) is 0 Å². The van der Waals surface area contributed by atoms with Crippen molar-refractivity contribution in [3.8, 4) is 5.75 Å². The van der Waals surface area contributed by atoms with E-state index in [1.165, 1.54) is 0 Å². The van der Waals surface area contributed by atoms with Gasteiger partial charge in [0.2, 0.25) is 0 Å². The Hall–Kier alpha value is -3.08. The first kappa shape index (κ1) is 21.6. The van der Waals surface area contributed by atoms with Gasteiger partial charge < -0.3 is 14.7 Å². The molecule has 158 valence electrons. The minimum atomic E-state index is -0.645. The fourth-order valence-corrected chi connectivity index (χ4v) is 3.77. The van der Waals surface area contributed by atoms with Crippen LogP contribution in [0.2, 0.25) is 0 Å². The molecule has 1 atom stereocenters. The van der Waals surface area contributed by atoms with E-state index in [0.29, 0.717) is 17.9 Å². The van der Waals surface area contributed by atoms with Crippen LogP contribution in [0.15, 0.2) is 60.2 Å². The molecule has 0 bridgehead atoms. The zero-order chi connectivity index (χ0) is 21.7. The van der Waals surface area contributed by atoms with Crippen molar-refractivity contribution in [1.29, 1.82) is 0 Å². The van der Waals surface area contributed by atoms with Gasteiger partial charge in [0.25, 0.3) is 11.7 Å². The lowest BCUT2D eigenvalue weighted by Crippen LogP contribution is -2.30. The zero-order valence-corrected chi connectivity index (χ0v) is 17.8. The number of hydrogen-bond donors (Lipinski definition) is 1. The van der Waals surface area contributed by atoms with E-state index in [4.69, 9.17) is 4.74 Å². The molecule has 5 heteroatoms. The van der Waals surface area contributed by atoms with Crippen molar-refractivity contribution >= 4 is 17.4 Å². The highest BCUT2D eigenvalue weighted by Gasteiger charge is 2.45. The second-order valence-corrected chi connectivity index (χ2v) is 7.80. The lowest BCUT2D eigenvalue weighted by molar-refractivity contribution is -0.139. The first-order valence-electron chi connectivity index (χ1n) is 10.5. The van der Waals surface area contributed by atoms with Crippen LogP contribution < -0.4 is 4.74 Å². The molecule has 1 aliphatic rings. The molecular formula is C25H29NO4. The fraction of sp³-hybridized carbons (Fsp3) is 0.360. The summed E-state index contributed by atoms with van der Waals surface area (Å²) >= 11 is 0. The minimum Gasteiger partial charge on any atom is -0.507 e. The van der Waals surface area contributed by atoms with Gasteiger partial charge in [-0.25, -0.2) is 0 Å². The van der Waals surface area contributed by atoms with Gasteiger partial charge in [-0.15, -0.1) is 0 Å². The molecule has 1 fully saturated rings. The number of Topliss-reactive ketones (excluding diaryl/α,β-unsaturated/α-hetero) is 1. The molecule has 1 aliphatic heterocycles. The van der Waals surface area contributed by atoms with Crippen LogP contribution in [0.25, 0.3) is 5.76 Å². The van der Waals surface area contributed by atoms with Gasteiger partial charge in [0.1, 0.15) is 11.5 Å². The fourth-order valence-electron chi connectivity index (χ4n) is 3.77. The Bertz CT molecular complexity index is 933. The monoisotopic (exact) mass is 407 g/mol. The first-order valence-corrected chi connectivity index (χ1v) is 10.5. The second-order valence-electron chi connectivity index (χ2n) is 7.80. The van der Waals surface area contributed by atoms with E-state index in [2.05, 4.69) is 6.92 Å². The zero-order valence-electron chi connectivity index (χ0n) is 17.8. The molecule has 30 heavy (non-hydrogen) atoms. The van der Waals surface area contributed by atoms with Gasteiger partial charge in [-0.05, 0) is 38.0 Å². The third kappa shape index (κ3) is 4.56. The van der Waals surface area contributed by atoms with Gasteiger partial charge >= 0.3 is 0 Å².